The normalized spacial score (nSPS) is 10.2. The maximum Gasteiger partial charge on any atom is 0.326 e. The molecule has 1 aromatic heterocycles. The topological polar surface area (TPSA) is 121 Å². The van der Waals surface area contributed by atoms with Crippen molar-refractivity contribution in [2.45, 2.75) is 20.4 Å². The lowest BCUT2D eigenvalue weighted by Gasteiger charge is -2.11. The van der Waals surface area contributed by atoms with E-state index in [0.29, 0.717) is 5.56 Å². The van der Waals surface area contributed by atoms with Crippen LogP contribution in [0, 0.1) is 24.0 Å². The molecule has 1 N–H and O–H groups in total. The lowest BCUT2D eigenvalue weighted by molar-refractivity contribution is -0.384. The number of benzene rings is 1. The monoisotopic (exact) mass is 359 g/mol. The Kier molecular flexibility index (Phi) is 5.84. The molecule has 2 aromatic rings. The molecule has 0 saturated carbocycles. The predicted molar refractivity (Wildman–Crippen MR) is 92.9 cm³/mol. The molecule has 1 amide bonds. The van der Waals surface area contributed by atoms with Gasteiger partial charge in [0.1, 0.15) is 12.2 Å². The fraction of sp³-hybridized carbons (Fsp3) is 0.235. The second-order valence-electron chi connectivity index (χ2n) is 5.53. The molecule has 0 atom stereocenters. The highest BCUT2D eigenvalue weighted by Gasteiger charge is 2.20. The van der Waals surface area contributed by atoms with E-state index < -0.39 is 23.4 Å². The van der Waals surface area contributed by atoms with E-state index >= 15 is 0 Å². The van der Waals surface area contributed by atoms with Crippen molar-refractivity contribution in [2.75, 3.05) is 11.9 Å². The number of hydrogen-bond acceptors (Lipinski definition) is 6. The number of aryl methyl sites for hydroxylation is 1. The van der Waals surface area contributed by atoms with Crippen LogP contribution in [0.4, 0.5) is 11.4 Å². The minimum absolute atomic E-state index is 0.0651. The highest BCUT2D eigenvalue weighted by Crippen LogP contribution is 2.30. The lowest BCUT2D eigenvalue weighted by atomic mass is 10.1. The third-order valence-electron chi connectivity index (χ3n) is 3.74. The number of ether oxygens (including phenoxy) is 1. The van der Waals surface area contributed by atoms with Crippen molar-refractivity contribution in [3.8, 4) is 0 Å². The third kappa shape index (κ3) is 4.53. The lowest BCUT2D eigenvalue weighted by Crippen LogP contribution is -2.27. The van der Waals surface area contributed by atoms with Crippen molar-refractivity contribution in [3.63, 3.8) is 0 Å². The molecule has 0 unspecified atom stereocenters. The van der Waals surface area contributed by atoms with Gasteiger partial charge >= 0.3 is 5.97 Å². The molecular formula is C17H17N3O6. The molecule has 0 spiro atoms. The summed E-state index contributed by atoms with van der Waals surface area (Å²) < 4.78 is 5.96. The quantitative estimate of drug-likeness (QED) is 0.475. The summed E-state index contributed by atoms with van der Waals surface area (Å²) in [4.78, 5) is 45.8. The second-order valence-corrected chi connectivity index (χ2v) is 5.53. The van der Waals surface area contributed by atoms with Gasteiger partial charge in [-0.25, -0.2) is 0 Å². The fourth-order valence-electron chi connectivity index (χ4n) is 2.21. The first kappa shape index (κ1) is 18.8. The van der Waals surface area contributed by atoms with E-state index in [4.69, 9.17) is 4.74 Å². The Hall–Kier alpha value is -3.49. The number of nitro benzene ring substituents is 1. The van der Waals surface area contributed by atoms with Crippen molar-refractivity contribution in [1.29, 1.82) is 0 Å². The van der Waals surface area contributed by atoms with Crippen molar-refractivity contribution < 1.29 is 19.2 Å². The number of carbonyl (C=O) groups excluding carboxylic acids is 2. The van der Waals surface area contributed by atoms with Crippen LogP contribution in [0.5, 0.6) is 0 Å². The number of nitrogens with one attached hydrogen (secondary N) is 1. The number of amides is 1. The van der Waals surface area contributed by atoms with Gasteiger partial charge in [-0.15, -0.1) is 0 Å². The zero-order chi connectivity index (χ0) is 19.3. The summed E-state index contributed by atoms with van der Waals surface area (Å²) in [6, 6.07) is 7.29. The molecule has 0 aliphatic rings. The summed E-state index contributed by atoms with van der Waals surface area (Å²) in [6.07, 6.45) is 1.42. The summed E-state index contributed by atoms with van der Waals surface area (Å²) in [5.41, 5.74) is 0.764. The van der Waals surface area contributed by atoms with Crippen LogP contribution in [0.1, 0.15) is 11.1 Å². The van der Waals surface area contributed by atoms with Gasteiger partial charge in [0.05, 0.1) is 4.92 Å². The fourth-order valence-corrected chi connectivity index (χ4v) is 2.21. The van der Waals surface area contributed by atoms with Crippen LogP contribution in [0.3, 0.4) is 0 Å². The van der Waals surface area contributed by atoms with Crippen LogP contribution in [0.2, 0.25) is 0 Å². The Morgan fingerprint density at radius 1 is 1.23 bits per heavy atom. The first-order chi connectivity index (χ1) is 12.3. The zero-order valence-electron chi connectivity index (χ0n) is 14.2. The molecule has 1 aromatic carbocycles. The molecule has 0 fully saturated rings. The molecule has 9 heteroatoms. The Morgan fingerprint density at radius 3 is 2.62 bits per heavy atom. The Morgan fingerprint density at radius 2 is 1.96 bits per heavy atom. The molecule has 1 heterocycles. The summed E-state index contributed by atoms with van der Waals surface area (Å²) in [5, 5.41) is 13.5. The van der Waals surface area contributed by atoms with Crippen molar-refractivity contribution >= 4 is 23.3 Å². The van der Waals surface area contributed by atoms with E-state index in [1.807, 2.05) is 0 Å². The minimum atomic E-state index is -0.774. The van der Waals surface area contributed by atoms with Crippen LogP contribution >= 0.6 is 0 Å². The Balaban J connectivity index is 2.00. The number of hydrogen-bond donors (Lipinski definition) is 1. The SMILES string of the molecule is Cc1ccc([N+](=O)[O-])c(NC(=O)COC(=O)Cn2ccccc2=O)c1C. The minimum Gasteiger partial charge on any atom is -0.454 e. The number of aromatic nitrogens is 1. The van der Waals surface area contributed by atoms with Crippen LogP contribution < -0.4 is 10.9 Å². The van der Waals surface area contributed by atoms with Crippen molar-refractivity contribution in [3.05, 3.63) is 68.1 Å². The Labute approximate surface area is 148 Å². The smallest absolute Gasteiger partial charge is 0.326 e. The summed E-state index contributed by atoms with van der Waals surface area (Å²) in [7, 11) is 0. The molecule has 0 bridgehead atoms. The van der Waals surface area contributed by atoms with Crippen molar-refractivity contribution in [2.24, 2.45) is 0 Å². The first-order valence-corrected chi connectivity index (χ1v) is 7.65. The predicted octanol–water partition coefficient (Wildman–Crippen LogP) is 1.56. The van der Waals surface area contributed by atoms with E-state index in [1.165, 1.54) is 24.4 Å². The molecule has 2 rings (SSSR count). The second kappa shape index (κ2) is 8.06. The maximum absolute atomic E-state index is 12.0. The average molecular weight is 359 g/mol. The number of pyridine rings is 1. The highest BCUT2D eigenvalue weighted by atomic mass is 16.6. The average Bonchev–Trinajstić information content (AvgIpc) is 2.59. The number of carbonyl (C=O) groups is 2. The van der Waals surface area contributed by atoms with Gasteiger partial charge in [-0.1, -0.05) is 12.1 Å². The number of rotatable bonds is 6. The number of nitrogens with zero attached hydrogens (tertiary/aromatic N) is 2. The Bertz CT molecular complexity index is 919. The summed E-state index contributed by atoms with van der Waals surface area (Å²) >= 11 is 0. The van der Waals surface area contributed by atoms with E-state index in [1.54, 1.807) is 26.0 Å². The van der Waals surface area contributed by atoms with Crippen LogP contribution in [-0.4, -0.2) is 28.0 Å². The van der Waals surface area contributed by atoms with Gasteiger partial charge in [0.2, 0.25) is 0 Å². The van der Waals surface area contributed by atoms with Gasteiger partial charge in [-0.05, 0) is 31.0 Å². The van der Waals surface area contributed by atoms with E-state index in [9.17, 15) is 24.5 Å². The first-order valence-electron chi connectivity index (χ1n) is 7.65. The van der Waals surface area contributed by atoms with Gasteiger partial charge in [-0.3, -0.25) is 24.5 Å². The molecule has 0 saturated heterocycles. The number of esters is 1. The molecule has 0 aliphatic heterocycles. The van der Waals surface area contributed by atoms with Crippen LogP contribution in [-0.2, 0) is 20.9 Å². The standard InChI is InChI=1S/C17H17N3O6/c1-11-6-7-13(20(24)25)17(12(11)2)18-14(21)10-26-16(23)9-19-8-4-3-5-15(19)22/h3-8H,9-10H2,1-2H3,(H,18,21). The molecule has 26 heavy (non-hydrogen) atoms. The van der Waals surface area contributed by atoms with Gasteiger partial charge in [0.25, 0.3) is 17.2 Å². The zero-order valence-corrected chi connectivity index (χ0v) is 14.2. The van der Waals surface area contributed by atoms with Crippen molar-refractivity contribution in [1.82, 2.24) is 4.57 Å². The number of nitro groups is 1. The molecule has 0 aliphatic carbocycles. The molecule has 9 nitrogen and oxygen atoms in total. The van der Waals surface area contributed by atoms with Gasteiger partial charge in [-0.2, -0.15) is 0 Å². The van der Waals surface area contributed by atoms with E-state index in [-0.39, 0.29) is 23.5 Å². The van der Waals surface area contributed by atoms with Crippen LogP contribution in [0.25, 0.3) is 0 Å². The summed E-state index contributed by atoms with van der Waals surface area (Å²) in [6.45, 7) is 2.44. The van der Waals surface area contributed by atoms with E-state index in [2.05, 4.69) is 5.32 Å². The molecular weight excluding hydrogens is 342 g/mol. The largest absolute Gasteiger partial charge is 0.454 e. The molecule has 136 valence electrons. The maximum atomic E-state index is 12.0. The van der Waals surface area contributed by atoms with Crippen LogP contribution in [0.15, 0.2) is 41.3 Å². The summed E-state index contributed by atoms with van der Waals surface area (Å²) in [5.74, 6) is -1.49. The third-order valence-corrected chi connectivity index (χ3v) is 3.74. The van der Waals surface area contributed by atoms with Gasteiger partial charge in [0, 0.05) is 18.3 Å². The highest BCUT2D eigenvalue weighted by molar-refractivity contribution is 5.96. The van der Waals surface area contributed by atoms with Gasteiger partial charge in [0.15, 0.2) is 6.61 Å². The number of anilines is 1. The van der Waals surface area contributed by atoms with E-state index in [0.717, 1.165) is 10.1 Å². The van der Waals surface area contributed by atoms with Gasteiger partial charge < -0.3 is 14.6 Å². The molecule has 0 radical (unpaired) electrons.